The van der Waals surface area contributed by atoms with E-state index in [0.29, 0.717) is 52.5 Å². The molecule has 0 radical (unpaired) electrons. The molecule has 60 heavy (non-hydrogen) atoms. The van der Waals surface area contributed by atoms with Gasteiger partial charge in [-0.2, -0.15) is 0 Å². The summed E-state index contributed by atoms with van der Waals surface area (Å²) in [5.41, 5.74) is 9.12. The molecular formula is C38H110N8O14+8. The van der Waals surface area contributed by atoms with Crippen LogP contribution in [0.4, 0.5) is 0 Å². The van der Waals surface area contributed by atoms with Crippen LogP contribution in [0.3, 0.4) is 0 Å². The maximum atomic E-state index is 8.51. The maximum Gasteiger partial charge on any atom is 0.164 e. The molecule has 1 saturated heterocycles. The van der Waals surface area contributed by atoms with Gasteiger partial charge in [-0.25, -0.2) is 0 Å². The molecule has 0 bridgehead atoms. The Morgan fingerprint density at radius 2 is 0.817 bits per heavy atom. The van der Waals surface area contributed by atoms with E-state index in [0.717, 1.165) is 39.4 Å². The first kappa shape index (κ1) is 79.5. The van der Waals surface area contributed by atoms with Gasteiger partial charge in [0.25, 0.3) is 0 Å². The van der Waals surface area contributed by atoms with Crippen molar-refractivity contribution >= 4 is 0 Å². The molecule has 0 saturated carbocycles. The van der Waals surface area contributed by atoms with Crippen LogP contribution in [-0.4, -0.2) is 256 Å². The molecule has 0 aromatic rings. The lowest BCUT2D eigenvalue weighted by Gasteiger charge is -2.16. The lowest BCUT2D eigenvalue weighted by atomic mass is 10.1. The van der Waals surface area contributed by atoms with E-state index >= 15 is 0 Å². The van der Waals surface area contributed by atoms with Gasteiger partial charge in [0.15, 0.2) is 5.54 Å². The van der Waals surface area contributed by atoms with E-state index in [4.69, 9.17) is 71.1 Å². The van der Waals surface area contributed by atoms with Gasteiger partial charge in [0.2, 0.25) is 0 Å². The Bertz CT molecular complexity index is 528. The third kappa shape index (κ3) is 112. The smallest absolute Gasteiger partial charge is 0.164 e. The predicted molar refractivity (Wildman–Crippen MR) is 233 cm³/mol. The lowest BCUT2D eigenvalue weighted by molar-refractivity contribution is -0.887. The van der Waals surface area contributed by atoms with Gasteiger partial charge in [-0.3, -0.25) is 0 Å². The van der Waals surface area contributed by atoms with Crippen molar-refractivity contribution in [1.29, 1.82) is 0 Å². The molecule has 0 aromatic carbocycles. The van der Waals surface area contributed by atoms with Crippen molar-refractivity contribution < 1.29 is 114 Å². The van der Waals surface area contributed by atoms with E-state index in [1.54, 1.807) is 11.8 Å². The lowest BCUT2D eigenvalue weighted by Crippen LogP contribution is -3.10. The highest BCUT2D eigenvalue weighted by Crippen LogP contribution is 1.90. The average Bonchev–Trinajstić information content (AvgIpc) is 3.79. The third-order valence-electron chi connectivity index (χ3n) is 6.78. The summed E-state index contributed by atoms with van der Waals surface area (Å²) in [6.07, 6.45) is 6.61. The molecule has 0 amide bonds. The second-order valence-corrected chi connectivity index (χ2v) is 12.6. The fraction of sp³-hybridized carbons (Fsp3) is 1.00. The molecule has 0 aliphatic carbocycles. The van der Waals surface area contributed by atoms with Crippen LogP contribution in [0.15, 0.2) is 0 Å². The summed E-state index contributed by atoms with van der Waals surface area (Å²) in [6.45, 7) is 20.2. The highest BCUT2D eigenvalue weighted by molar-refractivity contribution is 4.71. The Labute approximate surface area is 364 Å². The van der Waals surface area contributed by atoms with E-state index in [1.807, 2.05) is 22.9 Å². The summed E-state index contributed by atoms with van der Waals surface area (Å²) in [4.78, 5) is 1.58. The molecule has 1 aliphatic heterocycles. The van der Waals surface area contributed by atoms with Crippen molar-refractivity contribution in [2.75, 3.05) is 184 Å². The average molecular weight is 903 g/mol. The molecule has 1 heterocycles. The van der Waals surface area contributed by atoms with E-state index in [1.165, 1.54) is 51.7 Å². The first-order chi connectivity index (χ1) is 28.5. The molecular weight excluding hydrogens is 792 g/mol. The van der Waals surface area contributed by atoms with Gasteiger partial charge in [-0.05, 0) is 26.7 Å². The summed E-state index contributed by atoms with van der Waals surface area (Å²) in [5, 5.41) is 114. The van der Waals surface area contributed by atoms with Crippen molar-refractivity contribution in [3.63, 3.8) is 0 Å². The summed E-state index contributed by atoms with van der Waals surface area (Å²) in [7, 11) is 0. The zero-order valence-corrected chi connectivity index (χ0v) is 38.0. The highest BCUT2D eigenvalue weighted by atomic mass is 16.5. The number of nitrogens with two attached hydrogens (primary N) is 4. The Hall–Kier alpha value is -0.880. The van der Waals surface area contributed by atoms with Gasteiger partial charge in [0.1, 0.15) is 26.4 Å². The predicted octanol–water partition coefficient (Wildman–Crippen LogP) is -13.9. The number of aliphatic hydroxyl groups excluding tert-OH is 13. The monoisotopic (exact) mass is 903 g/mol. The summed E-state index contributed by atoms with van der Waals surface area (Å²) >= 11 is 0. The summed E-state index contributed by atoms with van der Waals surface area (Å²) in [5.74, 6) is 0. The molecule has 0 spiro atoms. The van der Waals surface area contributed by atoms with Crippen LogP contribution < -0.4 is 43.4 Å². The first-order valence-electron chi connectivity index (χ1n) is 21.6. The molecule has 22 nitrogen and oxygen atoms in total. The molecule has 1 aliphatic rings. The van der Waals surface area contributed by atoms with Gasteiger partial charge in [0.05, 0.1) is 145 Å². The van der Waals surface area contributed by atoms with Crippen LogP contribution in [0.1, 0.15) is 60.3 Å². The van der Waals surface area contributed by atoms with Crippen molar-refractivity contribution in [3.8, 4) is 0 Å². The number of nitrogens with one attached hydrogen (secondary N) is 1. The highest BCUT2D eigenvalue weighted by Gasteiger charge is 2.25. The minimum atomic E-state index is -0.958. The van der Waals surface area contributed by atoms with Gasteiger partial charge < -0.3 is 114 Å². The quantitative estimate of drug-likeness (QED) is 0.0341. The SMILES string of the molecule is C.CCCCC[NH2+]CCO.CCO.CCOCC[NH2+]CCO.OCC[NH+]1CCCC1.OCC[NH2+]CCO.OCC[NH2+]CCO.[NH3+]C(CO)(CO)CO.[NH3+]CCO.[NH3+]CCO. The Morgan fingerprint density at radius 3 is 1.05 bits per heavy atom. The molecule has 31 N–H and O–H groups in total. The number of aliphatic hydroxyl groups is 13. The fourth-order valence-corrected chi connectivity index (χ4v) is 3.41. The molecule has 378 valence electrons. The van der Waals surface area contributed by atoms with Crippen LogP contribution in [0, 0.1) is 0 Å². The van der Waals surface area contributed by atoms with E-state index in [2.05, 4.69) is 29.4 Å². The number of rotatable bonds is 27. The van der Waals surface area contributed by atoms with Crippen LogP contribution in [0.5, 0.6) is 0 Å². The van der Waals surface area contributed by atoms with Crippen molar-refractivity contribution in [2.45, 2.75) is 65.8 Å². The normalized spacial score (nSPS) is 11.1. The van der Waals surface area contributed by atoms with Gasteiger partial charge in [-0.1, -0.05) is 20.8 Å². The van der Waals surface area contributed by atoms with Crippen LogP contribution in [-0.2, 0) is 4.74 Å². The minimum Gasteiger partial charge on any atom is -0.397 e. The molecule has 1 rings (SSSR count). The minimum absolute atomic E-state index is 0. The number of ether oxygens (including phenoxy) is 1. The number of unbranched alkanes of at least 4 members (excludes halogenated alkanes) is 2. The Morgan fingerprint density at radius 1 is 0.500 bits per heavy atom. The second kappa shape index (κ2) is 89.2. The number of likely N-dealkylation sites (tertiary alicyclic amines) is 1. The molecule has 1 fully saturated rings. The Balaban J connectivity index is -0.0000000707. The molecule has 0 aromatic heterocycles. The molecule has 0 unspecified atom stereocenters. The second-order valence-electron chi connectivity index (χ2n) is 12.6. The number of hydrogen-bond donors (Lipinski definition) is 21. The molecule has 22 heteroatoms. The van der Waals surface area contributed by atoms with Crippen LogP contribution in [0.2, 0.25) is 0 Å². The zero-order chi connectivity index (χ0) is 46.9. The van der Waals surface area contributed by atoms with Crippen molar-refractivity contribution in [1.82, 2.24) is 0 Å². The zero-order valence-electron chi connectivity index (χ0n) is 38.0. The van der Waals surface area contributed by atoms with E-state index in [-0.39, 0.29) is 80.1 Å². The van der Waals surface area contributed by atoms with Crippen molar-refractivity contribution in [3.05, 3.63) is 0 Å². The number of quaternary nitrogens is 8. The van der Waals surface area contributed by atoms with E-state index in [9.17, 15) is 0 Å². The Kier molecular flexibility index (Phi) is 118. The molecule has 0 atom stereocenters. The van der Waals surface area contributed by atoms with E-state index < -0.39 is 5.54 Å². The third-order valence-corrected chi connectivity index (χ3v) is 6.78. The van der Waals surface area contributed by atoms with Crippen molar-refractivity contribution in [2.24, 2.45) is 0 Å². The largest absolute Gasteiger partial charge is 0.397 e. The number of hydrogen-bond acceptors (Lipinski definition) is 14. The summed E-state index contributed by atoms with van der Waals surface area (Å²) in [6, 6.07) is 0. The fourth-order valence-electron chi connectivity index (χ4n) is 3.41. The summed E-state index contributed by atoms with van der Waals surface area (Å²) < 4.78 is 5.07. The first-order valence-corrected chi connectivity index (χ1v) is 21.6. The standard InChI is InChI=1S/C7H17NO.C6H15NO2.C6H13NO.C4H11NO3.2C4H11NO2.2C2H7NO.C2H6O.CH4/c1-2-3-4-5-8-6-7-9;1-2-9-6-4-7-3-5-8;8-6-5-7-3-1-2-4-7;5-4(1-6,2-7)3-8;2*6-3-1-5-2-4-7;2*3-1-2-4;1-2-3;/h8-9H,2-7H2,1H3;7-8H,2-6H2,1H3;8H,1-6H2;6-8H,1-3,5H2;2*5-7H,1-4H2;2*4H,1-3H2;3H,2H2,1H3;1H4/p+8. The van der Waals surface area contributed by atoms with Gasteiger partial charge in [-0.15, -0.1) is 0 Å². The van der Waals surface area contributed by atoms with Crippen LogP contribution >= 0.6 is 0 Å². The maximum absolute atomic E-state index is 8.51. The van der Waals surface area contributed by atoms with Crippen LogP contribution in [0.25, 0.3) is 0 Å². The topological polar surface area (TPSA) is 426 Å². The van der Waals surface area contributed by atoms with Gasteiger partial charge in [0, 0.05) is 26.1 Å². The van der Waals surface area contributed by atoms with Gasteiger partial charge >= 0.3 is 0 Å².